The van der Waals surface area contributed by atoms with E-state index in [1.165, 1.54) is 12.1 Å². The minimum Gasteiger partial charge on any atom is -0.395 e. The largest absolute Gasteiger partial charge is 0.395 e. The van der Waals surface area contributed by atoms with Crippen LogP contribution in [0.1, 0.15) is 45.2 Å². The summed E-state index contributed by atoms with van der Waals surface area (Å²) in [6.07, 6.45) is 1.83. The SMILES string of the molecule is CC(C)(C)C(NC(=O)N(CCO)C1CC1)c1ccc(F)cc1F. The first-order chi connectivity index (χ1) is 10.7. The fourth-order valence-electron chi connectivity index (χ4n) is 2.65. The Morgan fingerprint density at radius 3 is 2.52 bits per heavy atom. The summed E-state index contributed by atoms with van der Waals surface area (Å²) in [6.45, 7) is 5.78. The maximum atomic E-state index is 14.2. The minimum atomic E-state index is -0.676. The van der Waals surface area contributed by atoms with Crippen LogP contribution >= 0.6 is 0 Å². The van der Waals surface area contributed by atoms with E-state index in [-0.39, 0.29) is 30.8 Å². The van der Waals surface area contributed by atoms with E-state index >= 15 is 0 Å². The highest BCUT2D eigenvalue weighted by molar-refractivity contribution is 5.75. The second kappa shape index (κ2) is 6.83. The van der Waals surface area contributed by atoms with E-state index in [1.54, 1.807) is 4.90 Å². The molecule has 23 heavy (non-hydrogen) atoms. The highest BCUT2D eigenvalue weighted by Crippen LogP contribution is 2.35. The molecule has 0 heterocycles. The van der Waals surface area contributed by atoms with Crippen molar-refractivity contribution in [3.05, 3.63) is 35.4 Å². The monoisotopic (exact) mass is 326 g/mol. The third-order valence-corrected chi connectivity index (χ3v) is 4.00. The number of hydrogen-bond acceptors (Lipinski definition) is 2. The molecular weight excluding hydrogens is 302 g/mol. The second-order valence-electron chi connectivity index (χ2n) is 7.06. The highest BCUT2D eigenvalue weighted by atomic mass is 19.1. The Labute approximate surface area is 135 Å². The van der Waals surface area contributed by atoms with Gasteiger partial charge in [-0.25, -0.2) is 13.6 Å². The molecule has 2 amide bonds. The summed E-state index contributed by atoms with van der Waals surface area (Å²) in [4.78, 5) is 14.1. The first-order valence-corrected chi connectivity index (χ1v) is 7.87. The fraction of sp³-hybridized carbons (Fsp3) is 0.588. The van der Waals surface area contributed by atoms with Crippen LogP contribution in [-0.2, 0) is 0 Å². The van der Waals surface area contributed by atoms with Crippen molar-refractivity contribution < 1.29 is 18.7 Å². The molecule has 1 aromatic rings. The predicted octanol–water partition coefficient (Wildman–Crippen LogP) is 3.22. The van der Waals surface area contributed by atoms with Crippen molar-refractivity contribution >= 4 is 6.03 Å². The van der Waals surface area contributed by atoms with Gasteiger partial charge >= 0.3 is 6.03 Å². The molecule has 0 bridgehead atoms. The van der Waals surface area contributed by atoms with Crippen LogP contribution in [0.15, 0.2) is 18.2 Å². The van der Waals surface area contributed by atoms with E-state index in [2.05, 4.69) is 5.32 Å². The zero-order valence-corrected chi connectivity index (χ0v) is 13.8. The first kappa shape index (κ1) is 17.7. The van der Waals surface area contributed by atoms with Gasteiger partial charge in [-0.3, -0.25) is 0 Å². The van der Waals surface area contributed by atoms with Gasteiger partial charge in [-0.05, 0) is 24.3 Å². The van der Waals surface area contributed by atoms with Crippen molar-refractivity contribution in [1.82, 2.24) is 10.2 Å². The van der Waals surface area contributed by atoms with Crippen molar-refractivity contribution in [2.75, 3.05) is 13.2 Å². The Hall–Kier alpha value is -1.69. The molecule has 1 atom stereocenters. The first-order valence-electron chi connectivity index (χ1n) is 7.87. The standard InChI is InChI=1S/C17H24F2N2O2/c1-17(2,3)15(13-7-4-11(18)10-14(13)19)20-16(23)21(8-9-22)12-5-6-12/h4,7,10,12,15,22H,5-6,8-9H2,1-3H3,(H,20,23). The molecule has 1 aliphatic rings. The molecule has 4 nitrogen and oxygen atoms in total. The highest BCUT2D eigenvalue weighted by Gasteiger charge is 2.36. The molecule has 128 valence electrons. The van der Waals surface area contributed by atoms with E-state index in [1.807, 2.05) is 20.8 Å². The van der Waals surface area contributed by atoms with Crippen LogP contribution in [0.3, 0.4) is 0 Å². The number of halogens is 2. The number of carbonyl (C=O) groups is 1. The second-order valence-corrected chi connectivity index (χ2v) is 7.06. The van der Waals surface area contributed by atoms with Crippen molar-refractivity contribution in [2.45, 2.75) is 45.7 Å². The van der Waals surface area contributed by atoms with Gasteiger partial charge in [0.1, 0.15) is 11.6 Å². The Balaban J connectivity index is 2.23. The van der Waals surface area contributed by atoms with Crippen molar-refractivity contribution in [2.24, 2.45) is 5.41 Å². The lowest BCUT2D eigenvalue weighted by atomic mass is 9.82. The lowest BCUT2D eigenvalue weighted by Crippen LogP contribution is -2.47. The topological polar surface area (TPSA) is 52.6 Å². The number of hydrogen-bond donors (Lipinski definition) is 2. The van der Waals surface area contributed by atoms with Crippen molar-refractivity contribution in [1.29, 1.82) is 0 Å². The van der Waals surface area contributed by atoms with E-state index in [4.69, 9.17) is 5.11 Å². The predicted molar refractivity (Wildman–Crippen MR) is 83.9 cm³/mol. The summed E-state index contributed by atoms with van der Waals surface area (Å²) >= 11 is 0. The third kappa shape index (κ3) is 4.41. The van der Waals surface area contributed by atoms with Gasteiger partial charge in [0.05, 0.1) is 12.6 Å². The molecule has 0 aliphatic heterocycles. The molecule has 1 saturated carbocycles. The molecular formula is C17H24F2N2O2. The molecule has 0 radical (unpaired) electrons. The molecule has 1 fully saturated rings. The Bertz CT molecular complexity index is 568. The number of nitrogens with zero attached hydrogens (tertiary/aromatic N) is 1. The Kier molecular flexibility index (Phi) is 5.24. The van der Waals surface area contributed by atoms with Crippen molar-refractivity contribution in [3.63, 3.8) is 0 Å². The summed E-state index contributed by atoms with van der Waals surface area (Å²) in [5.41, 5.74) is -0.199. The zero-order valence-electron chi connectivity index (χ0n) is 13.8. The summed E-state index contributed by atoms with van der Waals surface area (Å²) in [7, 11) is 0. The number of nitrogens with one attached hydrogen (secondary N) is 1. The average Bonchev–Trinajstić information content (AvgIpc) is 3.26. The maximum Gasteiger partial charge on any atom is 0.318 e. The number of urea groups is 1. The molecule has 6 heteroatoms. The van der Waals surface area contributed by atoms with Gasteiger partial charge in [0.25, 0.3) is 0 Å². The number of aliphatic hydroxyl groups is 1. The number of amides is 2. The minimum absolute atomic E-state index is 0.116. The van der Waals surface area contributed by atoms with E-state index in [0.717, 1.165) is 18.9 Å². The van der Waals surface area contributed by atoms with Crippen LogP contribution in [0.25, 0.3) is 0 Å². The molecule has 0 spiro atoms. The van der Waals surface area contributed by atoms with Crippen LogP contribution in [-0.4, -0.2) is 35.2 Å². The van der Waals surface area contributed by atoms with Crippen LogP contribution in [0.2, 0.25) is 0 Å². The lowest BCUT2D eigenvalue weighted by Gasteiger charge is -2.34. The van der Waals surface area contributed by atoms with Crippen LogP contribution in [0.4, 0.5) is 13.6 Å². The third-order valence-electron chi connectivity index (χ3n) is 4.00. The average molecular weight is 326 g/mol. The van der Waals surface area contributed by atoms with Crippen LogP contribution < -0.4 is 5.32 Å². The molecule has 2 N–H and O–H groups in total. The molecule has 2 rings (SSSR count). The van der Waals surface area contributed by atoms with Gasteiger partial charge in [0, 0.05) is 24.2 Å². The molecule has 1 aliphatic carbocycles. The number of benzene rings is 1. The van der Waals surface area contributed by atoms with Gasteiger partial charge in [-0.2, -0.15) is 0 Å². The Morgan fingerprint density at radius 2 is 2.04 bits per heavy atom. The van der Waals surface area contributed by atoms with Gasteiger partial charge in [0.2, 0.25) is 0 Å². The Morgan fingerprint density at radius 1 is 1.39 bits per heavy atom. The molecule has 1 aromatic carbocycles. The number of aliphatic hydroxyl groups excluding tert-OH is 1. The normalized spacial score (nSPS) is 16.1. The summed E-state index contributed by atoms with van der Waals surface area (Å²) in [5, 5.41) is 12.0. The van der Waals surface area contributed by atoms with Gasteiger partial charge in [-0.1, -0.05) is 26.8 Å². The quantitative estimate of drug-likeness (QED) is 0.873. The van der Waals surface area contributed by atoms with Crippen LogP contribution in [0.5, 0.6) is 0 Å². The summed E-state index contributed by atoms with van der Waals surface area (Å²) < 4.78 is 27.3. The van der Waals surface area contributed by atoms with Crippen molar-refractivity contribution in [3.8, 4) is 0 Å². The van der Waals surface area contributed by atoms with E-state index < -0.39 is 23.1 Å². The summed E-state index contributed by atoms with van der Waals surface area (Å²) in [6, 6.07) is 2.60. The molecule has 0 saturated heterocycles. The molecule has 0 aromatic heterocycles. The number of rotatable bonds is 5. The van der Waals surface area contributed by atoms with Gasteiger partial charge < -0.3 is 15.3 Å². The fourth-order valence-corrected chi connectivity index (χ4v) is 2.65. The van der Waals surface area contributed by atoms with E-state index in [9.17, 15) is 13.6 Å². The summed E-state index contributed by atoms with van der Waals surface area (Å²) in [5.74, 6) is -1.32. The number of carbonyl (C=O) groups excluding carboxylic acids is 1. The smallest absolute Gasteiger partial charge is 0.318 e. The maximum absolute atomic E-state index is 14.2. The lowest BCUT2D eigenvalue weighted by molar-refractivity contribution is 0.160. The van der Waals surface area contributed by atoms with Gasteiger partial charge in [-0.15, -0.1) is 0 Å². The zero-order chi connectivity index (χ0) is 17.2. The van der Waals surface area contributed by atoms with Gasteiger partial charge in [0.15, 0.2) is 0 Å². The van der Waals surface area contributed by atoms with E-state index in [0.29, 0.717) is 0 Å². The molecule has 1 unspecified atom stereocenters. The van der Waals surface area contributed by atoms with Crippen LogP contribution in [0, 0.1) is 17.0 Å².